The van der Waals surface area contributed by atoms with Gasteiger partial charge in [-0.3, -0.25) is 14.6 Å². The molecule has 1 aromatic heterocycles. The van der Waals surface area contributed by atoms with Crippen molar-refractivity contribution in [3.8, 4) is 0 Å². The third kappa shape index (κ3) is 4.78. The standard InChI is InChI=1S/C24H31N5O2/c1-24(2,3)19-6-4-18(5-7-19)22(30)28-12-14-29(15-13-28)23(31)21-16-20(26-27-21)17-8-10-25-11-9-17/h4-11,20-21,26-27H,12-16H2,1-3H3. The second-order valence-electron chi connectivity index (χ2n) is 9.35. The van der Waals surface area contributed by atoms with Crippen LogP contribution in [0.2, 0.25) is 0 Å². The molecule has 2 fully saturated rings. The number of hydrogen-bond acceptors (Lipinski definition) is 5. The van der Waals surface area contributed by atoms with Gasteiger partial charge in [-0.1, -0.05) is 32.9 Å². The van der Waals surface area contributed by atoms with E-state index in [1.54, 1.807) is 12.4 Å². The lowest BCUT2D eigenvalue weighted by Crippen LogP contribution is -2.54. The van der Waals surface area contributed by atoms with Crippen LogP contribution in [0.4, 0.5) is 0 Å². The minimum atomic E-state index is -0.259. The molecule has 0 bridgehead atoms. The zero-order chi connectivity index (χ0) is 22.0. The number of amides is 2. The van der Waals surface area contributed by atoms with Gasteiger partial charge in [-0.2, -0.15) is 0 Å². The smallest absolute Gasteiger partial charge is 0.253 e. The van der Waals surface area contributed by atoms with Crippen molar-refractivity contribution >= 4 is 11.8 Å². The van der Waals surface area contributed by atoms with Crippen LogP contribution in [0.25, 0.3) is 0 Å². The summed E-state index contributed by atoms with van der Waals surface area (Å²) < 4.78 is 0. The third-order valence-electron chi connectivity index (χ3n) is 6.19. The fourth-order valence-corrected chi connectivity index (χ4v) is 4.18. The molecular weight excluding hydrogens is 390 g/mol. The average molecular weight is 422 g/mol. The summed E-state index contributed by atoms with van der Waals surface area (Å²) in [5.74, 6) is 0.122. The van der Waals surface area contributed by atoms with Crippen LogP contribution >= 0.6 is 0 Å². The molecule has 2 atom stereocenters. The Morgan fingerprint density at radius 3 is 2.13 bits per heavy atom. The van der Waals surface area contributed by atoms with Gasteiger partial charge in [0, 0.05) is 50.2 Å². The Morgan fingerprint density at radius 1 is 0.903 bits per heavy atom. The molecule has 2 saturated heterocycles. The van der Waals surface area contributed by atoms with Crippen molar-refractivity contribution in [1.82, 2.24) is 25.6 Å². The number of carbonyl (C=O) groups excluding carboxylic acids is 2. The zero-order valence-electron chi connectivity index (χ0n) is 18.5. The Balaban J connectivity index is 1.30. The number of piperazine rings is 1. The molecule has 2 unspecified atom stereocenters. The van der Waals surface area contributed by atoms with E-state index in [1.165, 1.54) is 5.56 Å². The highest BCUT2D eigenvalue weighted by molar-refractivity contribution is 5.94. The fraction of sp³-hybridized carbons (Fsp3) is 0.458. The highest BCUT2D eigenvalue weighted by Gasteiger charge is 2.34. The number of rotatable bonds is 3. The molecule has 3 heterocycles. The molecule has 164 valence electrons. The number of hydrazine groups is 1. The van der Waals surface area contributed by atoms with E-state index in [2.05, 4.69) is 36.6 Å². The van der Waals surface area contributed by atoms with E-state index < -0.39 is 0 Å². The van der Waals surface area contributed by atoms with Gasteiger partial charge < -0.3 is 9.80 Å². The van der Waals surface area contributed by atoms with Gasteiger partial charge in [0.1, 0.15) is 6.04 Å². The van der Waals surface area contributed by atoms with E-state index in [1.807, 2.05) is 46.2 Å². The van der Waals surface area contributed by atoms with E-state index in [4.69, 9.17) is 0 Å². The van der Waals surface area contributed by atoms with Crippen molar-refractivity contribution in [1.29, 1.82) is 0 Å². The molecule has 2 aromatic rings. The molecular formula is C24H31N5O2. The van der Waals surface area contributed by atoms with Crippen LogP contribution in [0.1, 0.15) is 54.7 Å². The van der Waals surface area contributed by atoms with Crippen LogP contribution in [-0.2, 0) is 10.2 Å². The number of carbonyl (C=O) groups is 2. The van der Waals surface area contributed by atoms with Crippen LogP contribution in [0.3, 0.4) is 0 Å². The molecule has 0 aliphatic carbocycles. The van der Waals surface area contributed by atoms with Crippen molar-refractivity contribution in [2.45, 2.75) is 44.7 Å². The minimum Gasteiger partial charge on any atom is -0.338 e. The van der Waals surface area contributed by atoms with Gasteiger partial charge in [-0.05, 0) is 47.2 Å². The Bertz CT molecular complexity index is 915. The van der Waals surface area contributed by atoms with E-state index in [-0.39, 0.29) is 29.3 Å². The Labute approximate surface area is 183 Å². The summed E-state index contributed by atoms with van der Waals surface area (Å²) in [6, 6.07) is 11.6. The quantitative estimate of drug-likeness (QED) is 0.795. The number of benzene rings is 1. The molecule has 31 heavy (non-hydrogen) atoms. The van der Waals surface area contributed by atoms with Gasteiger partial charge in [0.2, 0.25) is 5.91 Å². The van der Waals surface area contributed by atoms with Crippen LogP contribution in [-0.4, -0.2) is 58.8 Å². The summed E-state index contributed by atoms with van der Waals surface area (Å²) in [5, 5.41) is 0. The lowest BCUT2D eigenvalue weighted by Gasteiger charge is -2.36. The molecule has 2 amide bonds. The molecule has 0 saturated carbocycles. The Morgan fingerprint density at radius 2 is 1.52 bits per heavy atom. The molecule has 2 aliphatic heterocycles. The first-order chi connectivity index (χ1) is 14.8. The van der Waals surface area contributed by atoms with E-state index >= 15 is 0 Å². The van der Waals surface area contributed by atoms with E-state index in [0.717, 1.165) is 5.56 Å². The molecule has 4 rings (SSSR count). The normalized spacial score (nSPS) is 21.9. The van der Waals surface area contributed by atoms with Crippen molar-refractivity contribution in [2.24, 2.45) is 0 Å². The summed E-state index contributed by atoms with van der Waals surface area (Å²) in [4.78, 5) is 33.6. The van der Waals surface area contributed by atoms with Crippen LogP contribution < -0.4 is 10.9 Å². The summed E-state index contributed by atoms with van der Waals surface area (Å²) in [5.41, 5.74) is 9.45. The second kappa shape index (κ2) is 8.77. The Hall–Kier alpha value is -2.77. The molecule has 7 heteroatoms. The first-order valence-corrected chi connectivity index (χ1v) is 10.9. The van der Waals surface area contributed by atoms with Gasteiger partial charge in [-0.25, -0.2) is 10.9 Å². The first-order valence-electron chi connectivity index (χ1n) is 10.9. The highest BCUT2D eigenvalue weighted by Crippen LogP contribution is 2.24. The number of nitrogens with zero attached hydrogens (tertiary/aromatic N) is 3. The summed E-state index contributed by atoms with van der Waals surface area (Å²) in [7, 11) is 0. The number of hydrogen-bond donors (Lipinski definition) is 2. The van der Waals surface area contributed by atoms with Crippen LogP contribution in [0.15, 0.2) is 48.8 Å². The van der Waals surface area contributed by atoms with Crippen LogP contribution in [0.5, 0.6) is 0 Å². The maximum Gasteiger partial charge on any atom is 0.253 e. The van der Waals surface area contributed by atoms with Crippen molar-refractivity contribution in [3.05, 3.63) is 65.5 Å². The lowest BCUT2D eigenvalue weighted by molar-refractivity contribution is -0.134. The maximum atomic E-state index is 13.0. The summed E-state index contributed by atoms with van der Waals surface area (Å²) in [6.45, 7) is 8.71. The number of aromatic nitrogens is 1. The van der Waals surface area contributed by atoms with E-state index in [9.17, 15) is 9.59 Å². The monoisotopic (exact) mass is 421 g/mol. The van der Waals surface area contributed by atoms with Crippen molar-refractivity contribution in [3.63, 3.8) is 0 Å². The lowest BCUT2D eigenvalue weighted by atomic mass is 9.86. The molecule has 7 nitrogen and oxygen atoms in total. The van der Waals surface area contributed by atoms with Gasteiger partial charge in [-0.15, -0.1) is 0 Å². The molecule has 1 aromatic carbocycles. The molecule has 2 aliphatic rings. The van der Waals surface area contributed by atoms with Crippen molar-refractivity contribution in [2.75, 3.05) is 26.2 Å². The average Bonchev–Trinajstić information content (AvgIpc) is 3.29. The van der Waals surface area contributed by atoms with Gasteiger partial charge >= 0.3 is 0 Å². The maximum absolute atomic E-state index is 13.0. The summed E-state index contributed by atoms with van der Waals surface area (Å²) >= 11 is 0. The predicted molar refractivity (Wildman–Crippen MR) is 119 cm³/mol. The van der Waals surface area contributed by atoms with Gasteiger partial charge in [0.05, 0.1) is 0 Å². The zero-order valence-corrected chi connectivity index (χ0v) is 18.5. The summed E-state index contributed by atoms with van der Waals surface area (Å²) in [6.07, 6.45) is 4.22. The number of nitrogens with one attached hydrogen (secondary N) is 2. The molecule has 0 radical (unpaired) electrons. The molecule has 2 N–H and O–H groups in total. The first kappa shape index (κ1) is 21.5. The predicted octanol–water partition coefficient (Wildman–Crippen LogP) is 2.27. The van der Waals surface area contributed by atoms with Gasteiger partial charge in [0.15, 0.2) is 0 Å². The minimum absolute atomic E-state index is 0.0333. The topological polar surface area (TPSA) is 77.6 Å². The third-order valence-corrected chi connectivity index (χ3v) is 6.19. The number of pyridine rings is 1. The van der Waals surface area contributed by atoms with Gasteiger partial charge in [0.25, 0.3) is 5.91 Å². The fourth-order valence-electron chi connectivity index (χ4n) is 4.18. The van der Waals surface area contributed by atoms with E-state index in [0.29, 0.717) is 38.2 Å². The highest BCUT2D eigenvalue weighted by atomic mass is 16.2. The van der Waals surface area contributed by atoms with Crippen LogP contribution in [0, 0.1) is 0 Å². The second-order valence-corrected chi connectivity index (χ2v) is 9.35. The Kier molecular flexibility index (Phi) is 6.07. The van der Waals surface area contributed by atoms with Crippen molar-refractivity contribution < 1.29 is 9.59 Å². The largest absolute Gasteiger partial charge is 0.338 e. The molecule has 0 spiro atoms. The SMILES string of the molecule is CC(C)(C)c1ccc(C(=O)N2CCN(C(=O)C3CC(c4ccncc4)NN3)CC2)cc1.